The number of benzene rings is 1. The molecule has 1 atom stereocenters. The highest BCUT2D eigenvalue weighted by atomic mass is 32.2. The van der Waals surface area contributed by atoms with Crippen molar-refractivity contribution < 1.29 is 31.4 Å². The van der Waals surface area contributed by atoms with E-state index in [2.05, 4.69) is 0 Å². The average molecular weight is 325 g/mol. The maximum atomic E-state index is 12.5. The van der Waals surface area contributed by atoms with Gasteiger partial charge in [0.25, 0.3) is 0 Å². The highest BCUT2D eigenvalue weighted by molar-refractivity contribution is 7.89. The zero-order chi connectivity index (χ0) is 15.7. The molecule has 0 bridgehead atoms. The van der Waals surface area contributed by atoms with Gasteiger partial charge in [-0.2, -0.15) is 17.5 Å². The number of rotatable bonds is 3. The predicted molar refractivity (Wildman–Crippen MR) is 67.0 cm³/mol. The molecule has 5 nitrogen and oxygen atoms in total. The van der Waals surface area contributed by atoms with Crippen LogP contribution in [-0.2, 0) is 20.9 Å². The highest BCUT2D eigenvalue weighted by Crippen LogP contribution is 2.30. The van der Waals surface area contributed by atoms with Crippen LogP contribution in [-0.4, -0.2) is 50.2 Å². The largest absolute Gasteiger partial charge is 0.416 e. The molecule has 1 N–H and O–H groups in total. The van der Waals surface area contributed by atoms with Gasteiger partial charge in [0.05, 0.1) is 36.3 Å². The van der Waals surface area contributed by atoms with E-state index >= 15 is 0 Å². The summed E-state index contributed by atoms with van der Waals surface area (Å²) in [6.45, 7) is -0.138. The molecule has 1 aromatic rings. The van der Waals surface area contributed by atoms with Gasteiger partial charge < -0.3 is 9.84 Å². The molecule has 118 valence electrons. The van der Waals surface area contributed by atoms with Gasteiger partial charge in [-0.25, -0.2) is 8.42 Å². The first-order chi connectivity index (χ1) is 9.76. The molecule has 1 heterocycles. The number of sulfonamides is 1. The van der Waals surface area contributed by atoms with Gasteiger partial charge in [0.2, 0.25) is 10.0 Å². The van der Waals surface area contributed by atoms with E-state index in [4.69, 9.17) is 4.74 Å². The van der Waals surface area contributed by atoms with Gasteiger partial charge in [-0.3, -0.25) is 0 Å². The molecule has 0 amide bonds. The van der Waals surface area contributed by atoms with Crippen LogP contribution in [0.5, 0.6) is 0 Å². The van der Waals surface area contributed by atoms with E-state index in [0.717, 1.165) is 28.6 Å². The fourth-order valence-corrected chi connectivity index (χ4v) is 3.64. The number of nitrogens with zero attached hydrogens (tertiary/aromatic N) is 1. The number of halogens is 3. The second-order valence-corrected chi connectivity index (χ2v) is 6.44. The van der Waals surface area contributed by atoms with Gasteiger partial charge in [-0.15, -0.1) is 0 Å². The average Bonchev–Trinajstić information content (AvgIpc) is 2.46. The molecule has 21 heavy (non-hydrogen) atoms. The van der Waals surface area contributed by atoms with Crippen LogP contribution in [0, 0.1) is 0 Å². The normalized spacial score (nSPS) is 21.4. The maximum Gasteiger partial charge on any atom is 0.416 e. The lowest BCUT2D eigenvalue weighted by Crippen LogP contribution is -2.50. The molecule has 1 aromatic carbocycles. The van der Waals surface area contributed by atoms with Crippen LogP contribution in [0.2, 0.25) is 0 Å². The van der Waals surface area contributed by atoms with Gasteiger partial charge in [0, 0.05) is 6.54 Å². The van der Waals surface area contributed by atoms with Crippen molar-refractivity contribution in [2.24, 2.45) is 0 Å². The third kappa shape index (κ3) is 3.37. The summed E-state index contributed by atoms with van der Waals surface area (Å²) in [4.78, 5) is -0.240. The van der Waals surface area contributed by atoms with Gasteiger partial charge >= 0.3 is 6.18 Å². The van der Waals surface area contributed by atoms with E-state index in [9.17, 15) is 26.7 Å². The van der Waals surface area contributed by atoms with Crippen molar-refractivity contribution in [1.29, 1.82) is 0 Å². The predicted octanol–water partition coefficient (Wildman–Crippen LogP) is 1.09. The molecule has 0 aliphatic carbocycles. The minimum Gasteiger partial charge on any atom is -0.395 e. The Bertz CT molecular complexity index is 586. The first-order valence-corrected chi connectivity index (χ1v) is 7.58. The van der Waals surface area contributed by atoms with E-state index in [1.165, 1.54) is 0 Å². The Morgan fingerprint density at radius 3 is 2.43 bits per heavy atom. The Labute approximate surface area is 120 Å². The zero-order valence-electron chi connectivity index (χ0n) is 10.9. The number of hydrogen-bond donors (Lipinski definition) is 1. The van der Waals surface area contributed by atoms with E-state index in [1.54, 1.807) is 0 Å². The van der Waals surface area contributed by atoms with Crippen molar-refractivity contribution in [3.63, 3.8) is 0 Å². The Hall–Kier alpha value is -1.16. The fourth-order valence-electron chi connectivity index (χ4n) is 2.05. The first kappa shape index (κ1) is 16.2. The first-order valence-electron chi connectivity index (χ1n) is 6.14. The number of hydrogen-bond acceptors (Lipinski definition) is 4. The molecule has 1 aliphatic rings. The van der Waals surface area contributed by atoms with E-state index in [1.807, 2.05) is 0 Å². The topological polar surface area (TPSA) is 66.8 Å². The third-order valence-electron chi connectivity index (χ3n) is 3.17. The van der Waals surface area contributed by atoms with Gasteiger partial charge in [0.15, 0.2) is 0 Å². The molecule has 9 heteroatoms. The minimum absolute atomic E-state index is 0.0502. The van der Waals surface area contributed by atoms with Crippen molar-refractivity contribution in [3.8, 4) is 0 Å². The van der Waals surface area contributed by atoms with E-state index in [-0.39, 0.29) is 24.7 Å². The molecule has 1 saturated heterocycles. The van der Waals surface area contributed by atoms with Crippen molar-refractivity contribution in [2.45, 2.75) is 17.1 Å². The summed E-state index contributed by atoms with van der Waals surface area (Å²) in [6, 6.07) is 2.55. The van der Waals surface area contributed by atoms with Gasteiger partial charge in [-0.1, -0.05) is 0 Å². The van der Waals surface area contributed by atoms with E-state index in [0.29, 0.717) is 0 Å². The van der Waals surface area contributed by atoms with Crippen molar-refractivity contribution >= 4 is 10.0 Å². The van der Waals surface area contributed by atoms with Crippen LogP contribution in [0.3, 0.4) is 0 Å². The molecule has 0 spiro atoms. The number of morpholine rings is 1. The Morgan fingerprint density at radius 1 is 1.29 bits per heavy atom. The van der Waals surface area contributed by atoms with Crippen molar-refractivity contribution in [3.05, 3.63) is 29.8 Å². The second-order valence-electron chi connectivity index (χ2n) is 4.55. The molecule has 1 fully saturated rings. The van der Waals surface area contributed by atoms with Gasteiger partial charge in [0.1, 0.15) is 0 Å². The third-order valence-corrected chi connectivity index (χ3v) is 5.14. The maximum absolute atomic E-state index is 12.5. The van der Waals surface area contributed by atoms with Crippen LogP contribution in [0.15, 0.2) is 29.2 Å². The minimum atomic E-state index is -4.52. The van der Waals surface area contributed by atoms with Crippen LogP contribution in [0.1, 0.15) is 5.56 Å². The summed E-state index contributed by atoms with van der Waals surface area (Å²) >= 11 is 0. The summed E-state index contributed by atoms with van der Waals surface area (Å²) in [5, 5.41) is 9.19. The number of aliphatic hydroxyl groups is 1. The molecule has 0 saturated carbocycles. The summed E-state index contributed by atoms with van der Waals surface area (Å²) in [7, 11) is -3.96. The number of alkyl halides is 3. The number of aliphatic hydroxyl groups excluding tert-OH is 1. The Balaban J connectivity index is 2.31. The smallest absolute Gasteiger partial charge is 0.395 e. The van der Waals surface area contributed by atoms with E-state index < -0.39 is 34.4 Å². The van der Waals surface area contributed by atoms with Crippen molar-refractivity contribution in [2.75, 3.05) is 26.4 Å². The van der Waals surface area contributed by atoms with Crippen LogP contribution in [0.25, 0.3) is 0 Å². The monoisotopic (exact) mass is 325 g/mol. The summed E-state index contributed by atoms with van der Waals surface area (Å²) < 4.78 is 68.4. The SMILES string of the molecule is O=S(=O)(c1ccc(C(F)(F)F)cc1)N1CCOCC1CO. The highest BCUT2D eigenvalue weighted by Gasteiger charge is 2.35. The standard InChI is InChI=1S/C12H14F3NO4S/c13-12(14,15)9-1-3-11(4-2-9)21(18,19)16-5-6-20-8-10(16)7-17/h1-4,10,17H,5-8H2. The lowest BCUT2D eigenvalue weighted by molar-refractivity contribution is -0.137. The summed E-state index contributed by atoms with van der Waals surface area (Å²) in [5.74, 6) is 0. The summed E-state index contributed by atoms with van der Waals surface area (Å²) in [6.07, 6.45) is -4.52. The lowest BCUT2D eigenvalue weighted by Gasteiger charge is -2.33. The summed E-state index contributed by atoms with van der Waals surface area (Å²) in [5.41, 5.74) is -0.915. The molecular formula is C12H14F3NO4S. The van der Waals surface area contributed by atoms with Crippen LogP contribution in [0.4, 0.5) is 13.2 Å². The molecule has 0 radical (unpaired) electrons. The van der Waals surface area contributed by atoms with Crippen LogP contribution < -0.4 is 0 Å². The fraction of sp³-hybridized carbons (Fsp3) is 0.500. The number of ether oxygens (including phenoxy) is 1. The molecule has 1 aliphatic heterocycles. The van der Waals surface area contributed by atoms with Gasteiger partial charge in [-0.05, 0) is 24.3 Å². The Kier molecular flexibility index (Phi) is 4.57. The quantitative estimate of drug-likeness (QED) is 0.903. The van der Waals surface area contributed by atoms with Crippen LogP contribution >= 0.6 is 0 Å². The second kappa shape index (κ2) is 5.91. The molecule has 2 rings (SSSR count). The molecule has 1 unspecified atom stereocenters. The Morgan fingerprint density at radius 2 is 1.90 bits per heavy atom. The molecular weight excluding hydrogens is 311 g/mol. The zero-order valence-corrected chi connectivity index (χ0v) is 11.7. The molecule has 0 aromatic heterocycles. The lowest BCUT2D eigenvalue weighted by atomic mass is 10.2. The van der Waals surface area contributed by atoms with Crippen molar-refractivity contribution in [1.82, 2.24) is 4.31 Å².